The van der Waals surface area contributed by atoms with Gasteiger partial charge in [-0.25, -0.2) is 0 Å². The molecule has 2 saturated heterocycles. The molecule has 2 N–H and O–H groups in total. The highest BCUT2D eigenvalue weighted by molar-refractivity contribution is 5.86. The number of hydrogen-bond acceptors (Lipinski definition) is 4. The average Bonchev–Trinajstić information content (AvgIpc) is 3.34. The van der Waals surface area contributed by atoms with Gasteiger partial charge in [0.2, 0.25) is 5.91 Å². The van der Waals surface area contributed by atoms with Crippen LogP contribution >= 0.6 is 12.4 Å². The SMILES string of the molecule is Cl.O=C(NCc1ccccc1)C1CCN(C(=O)C2(n3cccn3)CCNCC2)CC1. The van der Waals surface area contributed by atoms with E-state index in [9.17, 15) is 9.59 Å². The van der Waals surface area contributed by atoms with Crippen molar-refractivity contribution in [1.29, 1.82) is 0 Å². The number of nitrogens with zero attached hydrogens (tertiary/aromatic N) is 3. The Morgan fingerprint density at radius 1 is 1.10 bits per heavy atom. The van der Waals surface area contributed by atoms with E-state index in [-0.39, 0.29) is 30.1 Å². The molecule has 2 aromatic rings. The van der Waals surface area contributed by atoms with Gasteiger partial charge in [-0.2, -0.15) is 5.10 Å². The average molecular weight is 432 g/mol. The normalized spacial score (nSPS) is 19.0. The van der Waals surface area contributed by atoms with Crippen LogP contribution in [0.1, 0.15) is 31.2 Å². The largest absolute Gasteiger partial charge is 0.352 e. The highest BCUT2D eigenvalue weighted by Crippen LogP contribution is 2.31. The number of halogens is 1. The fourth-order valence-corrected chi connectivity index (χ4v) is 4.47. The monoisotopic (exact) mass is 431 g/mol. The van der Waals surface area contributed by atoms with Crippen LogP contribution in [0.15, 0.2) is 48.8 Å². The summed E-state index contributed by atoms with van der Waals surface area (Å²) in [6.07, 6.45) is 6.53. The molecule has 4 rings (SSSR count). The van der Waals surface area contributed by atoms with Crippen molar-refractivity contribution < 1.29 is 9.59 Å². The Labute approximate surface area is 183 Å². The Balaban J connectivity index is 0.00000256. The van der Waals surface area contributed by atoms with Crippen LogP contribution in [0.3, 0.4) is 0 Å². The third-order valence-electron chi connectivity index (χ3n) is 6.23. The number of likely N-dealkylation sites (tertiary alicyclic amines) is 1. The summed E-state index contributed by atoms with van der Waals surface area (Å²) in [5, 5.41) is 10.8. The number of carbonyl (C=O) groups is 2. The summed E-state index contributed by atoms with van der Waals surface area (Å²) in [6.45, 7) is 3.42. The Morgan fingerprint density at radius 3 is 2.43 bits per heavy atom. The topological polar surface area (TPSA) is 79.3 Å². The van der Waals surface area contributed by atoms with E-state index in [4.69, 9.17) is 0 Å². The molecule has 30 heavy (non-hydrogen) atoms. The van der Waals surface area contributed by atoms with Crippen LogP contribution < -0.4 is 10.6 Å². The van der Waals surface area contributed by atoms with E-state index < -0.39 is 5.54 Å². The summed E-state index contributed by atoms with van der Waals surface area (Å²) in [7, 11) is 0. The molecule has 3 heterocycles. The number of piperidine rings is 2. The fourth-order valence-electron chi connectivity index (χ4n) is 4.47. The number of benzene rings is 1. The van der Waals surface area contributed by atoms with Crippen LogP contribution in [0.25, 0.3) is 0 Å². The minimum atomic E-state index is -0.600. The first-order chi connectivity index (χ1) is 14.2. The second-order valence-corrected chi connectivity index (χ2v) is 8.00. The van der Waals surface area contributed by atoms with E-state index in [1.807, 2.05) is 52.2 Å². The molecule has 0 saturated carbocycles. The Bertz CT molecular complexity index is 813. The van der Waals surface area contributed by atoms with Gasteiger partial charge in [0.1, 0.15) is 5.54 Å². The molecule has 2 amide bonds. The zero-order chi connectivity index (χ0) is 20.1. The van der Waals surface area contributed by atoms with E-state index in [0.717, 1.165) is 31.5 Å². The lowest BCUT2D eigenvalue weighted by atomic mass is 9.85. The predicted molar refractivity (Wildman–Crippen MR) is 117 cm³/mol. The standard InChI is InChI=1S/C22H29N5O2.ClH/c28-20(24-17-18-5-2-1-3-6-18)19-7-15-26(16-8-19)21(29)22(9-12-23-13-10-22)27-14-4-11-25-27;/h1-6,11,14,19,23H,7-10,12-13,15-17H2,(H,24,28);1H. The molecule has 0 unspecified atom stereocenters. The van der Waals surface area contributed by atoms with Crippen molar-refractivity contribution in [3.8, 4) is 0 Å². The van der Waals surface area contributed by atoms with E-state index in [1.54, 1.807) is 6.20 Å². The van der Waals surface area contributed by atoms with E-state index in [1.165, 1.54) is 0 Å². The smallest absolute Gasteiger partial charge is 0.250 e. The molecule has 1 aromatic heterocycles. The summed E-state index contributed by atoms with van der Waals surface area (Å²) in [5.74, 6) is 0.201. The van der Waals surface area contributed by atoms with Gasteiger partial charge in [-0.1, -0.05) is 30.3 Å². The molecule has 2 fully saturated rings. The van der Waals surface area contributed by atoms with Crippen molar-refractivity contribution in [2.45, 2.75) is 37.8 Å². The van der Waals surface area contributed by atoms with Gasteiger partial charge >= 0.3 is 0 Å². The molecule has 2 aliphatic rings. The second kappa shape index (κ2) is 10.1. The van der Waals surface area contributed by atoms with Crippen LogP contribution in [0, 0.1) is 5.92 Å². The molecule has 0 aliphatic carbocycles. The molecule has 0 spiro atoms. The van der Waals surface area contributed by atoms with Crippen molar-refractivity contribution in [3.05, 3.63) is 54.4 Å². The maximum Gasteiger partial charge on any atom is 0.250 e. The van der Waals surface area contributed by atoms with Gasteiger partial charge in [-0.15, -0.1) is 12.4 Å². The summed E-state index contributed by atoms with van der Waals surface area (Å²) in [5.41, 5.74) is 0.498. The van der Waals surface area contributed by atoms with Crippen molar-refractivity contribution in [3.63, 3.8) is 0 Å². The van der Waals surface area contributed by atoms with Gasteiger partial charge in [0.25, 0.3) is 5.91 Å². The van der Waals surface area contributed by atoms with Gasteiger partial charge in [0.05, 0.1) is 0 Å². The Kier molecular flexibility index (Phi) is 7.50. The number of rotatable bonds is 5. The van der Waals surface area contributed by atoms with Crippen molar-refractivity contribution in [1.82, 2.24) is 25.3 Å². The van der Waals surface area contributed by atoms with Crippen LogP contribution in [0.4, 0.5) is 0 Å². The van der Waals surface area contributed by atoms with Crippen molar-refractivity contribution in [2.75, 3.05) is 26.2 Å². The van der Waals surface area contributed by atoms with Crippen LogP contribution in [0.5, 0.6) is 0 Å². The van der Waals surface area contributed by atoms with Gasteiger partial charge in [0.15, 0.2) is 0 Å². The van der Waals surface area contributed by atoms with Crippen LogP contribution in [0.2, 0.25) is 0 Å². The summed E-state index contributed by atoms with van der Waals surface area (Å²) >= 11 is 0. The molecule has 162 valence electrons. The predicted octanol–water partition coefficient (Wildman–Crippen LogP) is 1.94. The van der Waals surface area contributed by atoms with E-state index >= 15 is 0 Å². The number of aromatic nitrogens is 2. The molecule has 0 atom stereocenters. The number of hydrogen-bond donors (Lipinski definition) is 2. The zero-order valence-corrected chi connectivity index (χ0v) is 17.9. The summed E-state index contributed by atoms with van der Waals surface area (Å²) < 4.78 is 1.84. The first kappa shape index (κ1) is 22.3. The quantitative estimate of drug-likeness (QED) is 0.758. The maximum atomic E-state index is 13.5. The summed E-state index contributed by atoms with van der Waals surface area (Å²) in [4.78, 5) is 28.0. The van der Waals surface area contributed by atoms with Gasteiger partial charge in [0, 0.05) is 37.9 Å². The highest BCUT2D eigenvalue weighted by atomic mass is 35.5. The first-order valence-electron chi connectivity index (χ1n) is 10.5. The van der Waals surface area contributed by atoms with Crippen molar-refractivity contribution >= 4 is 24.2 Å². The van der Waals surface area contributed by atoms with Gasteiger partial charge < -0.3 is 15.5 Å². The van der Waals surface area contributed by atoms with Crippen LogP contribution in [-0.2, 0) is 21.7 Å². The lowest BCUT2D eigenvalue weighted by molar-refractivity contribution is -0.146. The first-order valence-corrected chi connectivity index (χ1v) is 10.5. The third kappa shape index (κ3) is 4.68. The lowest BCUT2D eigenvalue weighted by Gasteiger charge is -2.42. The maximum absolute atomic E-state index is 13.5. The lowest BCUT2D eigenvalue weighted by Crippen LogP contribution is -2.57. The number of nitrogens with one attached hydrogen (secondary N) is 2. The molecule has 7 nitrogen and oxygen atoms in total. The number of amides is 2. The van der Waals surface area contributed by atoms with Crippen molar-refractivity contribution in [2.24, 2.45) is 5.92 Å². The second-order valence-electron chi connectivity index (χ2n) is 8.00. The molecule has 2 aliphatic heterocycles. The fraction of sp³-hybridized carbons (Fsp3) is 0.500. The van der Waals surface area contributed by atoms with Gasteiger partial charge in [-0.05, 0) is 50.4 Å². The van der Waals surface area contributed by atoms with Crippen LogP contribution in [-0.4, -0.2) is 52.7 Å². The van der Waals surface area contributed by atoms with E-state index in [2.05, 4.69) is 15.7 Å². The molecule has 1 aromatic carbocycles. The minimum Gasteiger partial charge on any atom is -0.352 e. The molecule has 8 heteroatoms. The molecule has 0 radical (unpaired) electrons. The molecular weight excluding hydrogens is 402 g/mol. The molecular formula is C22H30ClN5O2. The molecule has 0 bridgehead atoms. The summed E-state index contributed by atoms with van der Waals surface area (Å²) in [6, 6.07) is 11.8. The van der Waals surface area contributed by atoms with Gasteiger partial charge in [-0.3, -0.25) is 14.3 Å². The third-order valence-corrected chi connectivity index (χ3v) is 6.23. The van der Waals surface area contributed by atoms with E-state index in [0.29, 0.717) is 32.5 Å². The zero-order valence-electron chi connectivity index (χ0n) is 17.1. The Hall–Kier alpha value is -2.38. The minimum absolute atomic E-state index is 0. The highest BCUT2D eigenvalue weighted by Gasteiger charge is 2.45. The Morgan fingerprint density at radius 2 is 1.80 bits per heavy atom. The number of carbonyl (C=O) groups excluding carboxylic acids is 2.